The number of nitrogens with zero attached hydrogens (tertiary/aromatic N) is 1. The second kappa shape index (κ2) is 8.22. The predicted octanol–water partition coefficient (Wildman–Crippen LogP) is 5.27. The van der Waals surface area contributed by atoms with Gasteiger partial charge in [0.15, 0.2) is 0 Å². The Morgan fingerprint density at radius 3 is 2.52 bits per heavy atom. The fourth-order valence-corrected chi connectivity index (χ4v) is 2.75. The number of anilines is 1. The van der Waals surface area contributed by atoms with E-state index in [1.807, 2.05) is 6.07 Å². The Morgan fingerprint density at radius 2 is 1.86 bits per heavy atom. The number of rotatable bonds is 6. The molecule has 0 unspecified atom stereocenters. The smallest absolute Gasteiger partial charge is 0.478 e. The first-order chi connectivity index (χ1) is 13.7. The number of benzene rings is 2. The van der Waals surface area contributed by atoms with E-state index in [9.17, 15) is 23.1 Å². The van der Waals surface area contributed by atoms with Crippen LogP contribution in [0.3, 0.4) is 0 Å². The third kappa shape index (κ3) is 5.47. The van der Waals surface area contributed by atoms with Gasteiger partial charge in [0.05, 0.1) is 5.56 Å². The van der Waals surface area contributed by atoms with E-state index in [4.69, 9.17) is 0 Å². The zero-order valence-corrected chi connectivity index (χ0v) is 15.3. The van der Waals surface area contributed by atoms with Gasteiger partial charge in [-0.25, -0.2) is 9.78 Å². The topological polar surface area (TPSA) is 71.5 Å². The van der Waals surface area contributed by atoms with Gasteiger partial charge in [-0.05, 0) is 53.9 Å². The number of alkyl halides is 3. The van der Waals surface area contributed by atoms with E-state index >= 15 is 0 Å². The van der Waals surface area contributed by atoms with Gasteiger partial charge < -0.3 is 15.2 Å². The van der Waals surface area contributed by atoms with Crippen molar-refractivity contribution in [3.63, 3.8) is 0 Å². The Bertz CT molecular complexity index is 1020. The summed E-state index contributed by atoms with van der Waals surface area (Å²) in [5, 5.41) is 12.3. The molecule has 0 fully saturated rings. The highest BCUT2D eigenvalue weighted by molar-refractivity contribution is 5.91. The van der Waals surface area contributed by atoms with Crippen LogP contribution in [0.15, 0.2) is 60.8 Å². The van der Waals surface area contributed by atoms with Gasteiger partial charge in [0, 0.05) is 18.3 Å². The average Bonchev–Trinajstić information content (AvgIpc) is 2.66. The number of aromatic carboxylic acids is 1. The lowest BCUT2D eigenvalue weighted by Gasteiger charge is -2.11. The number of pyridine rings is 1. The van der Waals surface area contributed by atoms with Crippen LogP contribution in [0, 0.1) is 6.92 Å². The molecular weight excluding hydrogens is 385 g/mol. The monoisotopic (exact) mass is 402 g/mol. The van der Waals surface area contributed by atoms with E-state index in [-0.39, 0.29) is 17.9 Å². The molecule has 0 radical (unpaired) electrons. The fraction of sp³-hybridized carbons (Fsp3) is 0.143. The number of aromatic nitrogens is 1. The van der Waals surface area contributed by atoms with Gasteiger partial charge in [0.1, 0.15) is 11.6 Å². The highest BCUT2D eigenvalue weighted by Gasteiger charge is 2.31. The molecule has 3 rings (SSSR count). The lowest BCUT2D eigenvalue weighted by molar-refractivity contribution is -0.274. The number of ether oxygens (including phenoxy) is 1. The zero-order valence-electron chi connectivity index (χ0n) is 15.3. The molecule has 150 valence electrons. The number of halogens is 3. The van der Waals surface area contributed by atoms with Gasteiger partial charge in [-0.3, -0.25) is 0 Å². The molecule has 0 saturated heterocycles. The minimum Gasteiger partial charge on any atom is -0.478 e. The van der Waals surface area contributed by atoms with Crippen molar-refractivity contribution in [2.24, 2.45) is 0 Å². The summed E-state index contributed by atoms with van der Waals surface area (Å²) in [5.41, 5.74) is 2.97. The summed E-state index contributed by atoms with van der Waals surface area (Å²) >= 11 is 0. The van der Waals surface area contributed by atoms with E-state index in [0.717, 1.165) is 11.1 Å². The van der Waals surface area contributed by atoms with Crippen molar-refractivity contribution in [1.82, 2.24) is 4.98 Å². The van der Waals surface area contributed by atoms with Gasteiger partial charge in [0.25, 0.3) is 0 Å². The van der Waals surface area contributed by atoms with E-state index in [0.29, 0.717) is 16.9 Å². The van der Waals surface area contributed by atoms with Crippen molar-refractivity contribution >= 4 is 11.8 Å². The molecule has 5 nitrogen and oxygen atoms in total. The standard InChI is InChI=1S/C21H17F3N2O3/c1-13-5-6-15(10-18(13)20(27)28)16-7-8-19(26-12-16)25-11-14-3-2-4-17(9-14)29-21(22,23)24/h2-10,12H,11H2,1H3,(H,25,26)(H,27,28). The van der Waals surface area contributed by atoms with E-state index in [1.54, 1.807) is 43.5 Å². The maximum absolute atomic E-state index is 12.3. The molecule has 0 aliphatic carbocycles. The minimum atomic E-state index is -4.74. The molecule has 3 aromatic rings. The number of carboxylic acids is 1. The number of carboxylic acid groups (broad SMARTS) is 1. The van der Waals surface area contributed by atoms with Gasteiger partial charge in [0.2, 0.25) is 0 Å². The summed E-state index contributed by atoms with van der Waals surface area (Å²) < 4.78 is 40.8. The highest BCUT2D eigenvalue weighted by atomic mass is 19.4. The number of carbonyl (C=O) groups is 1. The Labute approximate surface area is 164 Å². The molecule has 0 saturated carbocycles. The van der Waals surface area contributed by atoms with E-state index < -0.39 is 12.3 Å². The van der Waals surface area contributed by atoms with Crippen molar-refractivity contribution in [2.75, 3.05) is 5.32 Å². The third-order valence-corrected chi connectivity index (χ3v) is 4.17. The van der Waals surface area contributed by atoms with E-state index in [1.165, 1.54) is 18.2 Å². The average molecular weight is 402 g/mol. The predicted molar refractivity (Wildman–Crippen MR) is 102 cm³/mol. The van der Waals surface area contributed by atoms with Crippen molar-refractivity contribution in [2.45, 2.75) is 19.8 Å². The third-order valence-electron chi connectivity index (χ3n) is 4.17. The highest BCUT2D eigenvalue weighted by Crippen LogP contribution is 2.25. The van der Waals surface area contributed by atoms with Crippen LogP contribution in [0.4, 0.5) is 19.0 Å². The second-order valence-corrected chi connectivity index (χ2v) is 6.32. The molecule has 0 bridgehead atoms. The van der Waals surface area contributed by atoms with Crippen LogP contribution in [0.5, 0.6) is 5.75 Å². The molecular formula is C21H17F3N2O3. The van der Waals surface area contributed by atoms with Crippen molar-refractivity contribution in [3.8, 4) is 16.9 Å². The summed E-state index contributed by atoms with van der Waals surface area (Å²) in [6, 6.07) is 14.3. The Hall–Kier alpha value is -3.55. The first kappa shape index (κ1) is 20.2. The molecule has 2 N–H and O–H groups in total. The van der Waals surface area contributed by atoms with Crippen LogP contribution in [-0.2, 0) is 6.54 Å². The van der Waals surface area contributed by atoms with Crippen LogP contribution in [0.2, 0.25) is 0 Å². The van der Waals surface area contributed by atoms with Crippen molar-refractivity contribution in [1.29, 1.82) is 0 Å². The molecule has 1 aromatic heterocycles. The zero-order chi connectivity index (χ0) is 21.0. The van der Waals surface area contributed by atoms with Gasteiger partial charge in [-0.1, -0.05) is 24.3 Å². The normalized spacial score (nSPS) is 11.2. The Kier molecular flexibility index (Phi) is 5.72. The molecule has 0 aliphatic rings. The summed E-state index contributed by atoms with van der Waals surface area (Å²) in [7, 11) is 0. The molecule has 0 amide bonds. The molecule has 1 heterocycles. The van der Waals surface area contributed by atoms with Crippen LogP contribution >= 0.6 is 0 Å². The largest absolute Gasteiger partial charge is 0.573 e. The van der Waals surface area contributed by atoms with Crippen LogP contribution in [0.25, 0.3) is 11.1 Å². The summed E-state index contributed by atoms with van der Waals surface area (Å²) in [6.45, 7) is 1.99. The van der Waals surface area contributed by atoms with Gasteiger partial charge in [-0.15, -0.1) is 13.2 Å². The second-order valence-electron chi connectivity index (χ2n) is 6.32. The molecule has 29 heavy (non-hydrogen) atoms. The quantitative estimate of drug-likeness (QED) is 0.588. The van der Waals surface area contributed by atoms with E-state index in [2.05, 4.69) is 15.0 Å². The van der Waals surface area contributed by atoms with Crippen molar-refractivity contribution in [3.05, 3.63) is 77.5 Å². The molecule has 0 atom stereocenters. The van der Waals surface area contributed by atoms with Crippen LogP contribution < -0.4 is 10.1 Å². The first-order valence-electron chi connectivity index (χ1n) is 8.60. The van der Waals surface area contributed by atoms with Crippen molar-refractivity contribution < 1.29 is 27.8 Å². The van der Waals surface area contributed by atoms with Crippen LogP contribution in [-0.4, -0.2) is 22.4 Å². The molecule has 0 aliphatic heterocycles. The Morgan fingerprint density at radius 1 is 1.10 bits per heavy atom. The molecule has 8 heteroatoms. The van der Waals surface area contributed by atoms with Gasteiger partial charge in [-0.2, -0.15) is 0 Å². The molecule has 2 aromatic carbocycles. The fourth-order valence-electron chi connectivity index (χ4n) is 2.75. The summed E-state index contributed by atoms with van der Waals surface area (Å²) in [5.74, 6) is -0.748. The summed E-state index contributed by atoms with van der Waals surface area (Å²) in [6.07, 6.45) is -3.14. The maximum Gasteiger partial charge on any atom is 0.573 e. The lowest BCUT2D eigenvalue weighted by Crippen LogP contribution is -2.17. The minimum absolute atomic E-state index is 0.227. The SMILES string of the molecule is Cc1ccc(-c2ccc(NCc3cccc(OC(F)(F)F)c3)nc2)cc1C(=O)O. The molecule has 0 spiro atoms. The number of hydrogen-bond acceptors (Lipinski definition) is 4. The van der Waals surface area contributed by atoms with Gasteiger partial charge >= 0.3 is 12.3 Å². The summed E-state index contributed by atoms with van der Waals surface area (Å²) in [4.78, 5) is 15.6. The lowest BCUT2D eigenvalue weighted by atomic mass is 10.0. The number of aryl methyl sites for hydroxylation is 1. The Balaban J connectivity index is 1.68. The maximum atomic E-state index is 12.3. The number of nitrogens with one attached hydrogen (secondary N) is 1. The first-order valence-corrected chi connectivity index (χ1v) is 8.60. The number of hydrogen-bond donors (Lipinski definition) is 2. The van der Waals surface area contributed by atoms with Crippen LogP contribution in [0.1, 0.15) is 21.5 Å².